The average molecular weight is 363 g/mol. The monoisotopic (exact) mass is 363 g/mol. The van der Waals surface area contributed by atoms with Gasteiger partial charge in [0, 0.05) is 18.5 Å². The summed E-state index contributed by atoms with van der Waals surface area (Å²) in [7, 11) is 0. The van der Waals surface area contributed by atoms with E-state index in [4.69, 9.17) is 9.52 Å². The molecular formula is C16H17N3O5S. The number of carbonyl (C=O) groups excluding carboxylic acids is 2. The lowest BCUT2D eigenvalue weighted by Crippen LogP contribution is -2.31. The van der Waals surface area contributed by atoms with E-state index in [1.54, 1.807) is 23.3 Å². The van der Waals surface area contributed by atoms with Gasteiger partial charge in [-0.05, 0) is 19.4 Å². The Morgan fingerprint density at radius 3 is 2.92 bits per heavy atom. The summed E-state index contributed by atoms with van der Waals surface area (Å²) in [5.74, 6) is -1.32. The number of anilines is 1. The van der Waals surface area contributed by atoms with E-state index in [2.05, 4.69) is 10.3 Å². The fourth-order valence-electron chi connectivity index (χ4n) is 2.69. The zero-order chi connectivity index (χ0) is 18.0. The van der Waals surface area contributed by atoms with Crippen molar-refractivity contribution in [3.05, 3.63) is 34.7 Å². The number of nitrogens with zero attached hydrogens (tertiary/aromatic N) is 2. The van der Waals surface area contributed by atoms with Crippen LogP contribution in [0.5, 0.6) is 0 Å². The van der Waals surface area contributed by atoms with Crippen molar-refractivity contribution in [3.8, 4) is 0 Å². The molecule has 1 aliphatic rings. The van der Waals surface area contributed by atoms with Crippen LogP contribution < -0.4 is 5.32 Å². The molecule has 3 rings (SSSR count). The van der Waals surface area contributed by atoms with E-state index < -0.39 is 11.9 Å². The Hall–Kier alpha value is -2.68. The number of thiazole rings is 1. The SMILES string of the molecule is Cc1occc1C(=O)Nc1nc(CC(=O)N2CCC(C(=O)O)C2)cs1. The van der Waals surface area contributed by atoms with Gasteiger partial charge in [0.15, 0.2) is 5.13 Å². The fraction of sp³-hybridized carbons (Fsp3) is 0.375. The summed E-state index contributed by atoms with van der Waals surface area (Å²) in [6.45, 7) is 2.38. The predicted octanol–water partition coefficient (Wildman–Crippen LogP) is 1.77. The zero-order valence-electron chi connectivity index (χ0n) is 13.5. The van der Waals surface area contributed by atoms with Crippen LogP contribution in [0, 0.1) is 12.8 Å². The van der Waals surface area contributed by atoms with E-state index in [1.165, 1.54) is 17.6 Å². The lowest BCUT2D eigenvalue weighted by atomic mass is 10.1. The minimum absolute atomic E-state index is 0.0868. The number of furan rings is 1. The molecule has 8 nitrogen and oxygen atoms in total. The van der Waals surface area contributed by atoms with Gasteiger partial charge in [0.1, 0.15) is 5.76 Å². The molecule has 0 aliphatic carbocycles. The quantitative estimate of drug-likeness (QED) is 0.837. The fourth-order valence-corrected chi connectivity index (χ4v) is 3.39. The number of amides is 2. The van der Waals surface area contributed by atoms with E-state index in [9.17, 15) is 14.4 Å². The summed E-state index contributed by atoms with van der Waals surface area (Å²) in [6.07, 6.45) is 2.00. The normalized spacial score (nSPS) is 16.8. The summed E-state index contributed by atoms with van der Waals surface area (Å²) in [4.78, 5) is 41.1. The lowest BCUT2D eigenvalue weighted by Gasteiger charge is -2.14. The summed E-state index contributed by atoms with van der Waals surface area (Å²) in [5.41, 5.74) is 0.984. The van der Waals surface area contributed by atoms with Crippen molar-refractivity contribution in [1.29, 1.82) is 0 Å². The maximum absolute atomic E-state index is 12.2. The first kappa shape index (κ1) is 17.2. The van der Waals surface area contributed by atoms with Crippen LogP contribution in [-0.2, 0) is 16.0 Å². The number of aryl methyl sites for hydroxylation is 1. The third-order valence-electron chi connectivity index (χ3n) is 4.10. The number of rotatable bonds is 5. The molecule has 1 aliphatic heterocycles. The van der Waals surface area contributed by atoms with Crippen LogP contribution in [0.4, 0.5) is 5.13 Å². The van der Waals surface area contributed by atoms with Crippen LogP contribution in [0.3, 0.4) is 0 Å². The van der Waals surface area contributed by atoms with Crippen LogP contribution in [0.2, 0.25) is 0 Å². The molecule has 0 saturated carbocycles. The second kappa shape index (κ2) is 7.06. The van der Waals surface area contributed by atoms with Crippen LogP contribution in [0.15, 0.2) is 22.1 Å². The van der Waals surface area contributed by atoms with Crippen LogP contribution >= 0.6 is 11.3 Å². The molecule has 1 fully saturated rings. The van der Waals surface area contributed by atoms with Crippen molar-refractivity contribution in [3.63, 3.8) is 0 Å². The Morgan fingerprint density at radius 1 is 1.48 bits per heavy atom. The number of aliphatic carboxylic acids is 1. The van der Waals surface area contributed by atoms with E-state index in [0.29, 0.717) is 35.1 Å². The van der Waals surface area contributed by atoms with E-state index >= 15 is 0 Å². The number of hydrogen-bond donors (Lipinski definition) is 2. The highest BCUT2D eigenvalue weighted by molar-refractivity contribution is 7.14. The third-order valence-corrected chi connectivity index (χ3v) is 4.90. The van der Waals surface area contributed by atoms with Gasteiger partial charge in [-0.2, -0.15) is 0 Å². The molecule has 9 heteroatoms. The molecule has 132 valence electrons. The standard InChI is InChI=1S/C16H17N3O5S/c1-9-12(3-5-24-9)14(21)18-16-17-11(8-25-16)6-13(20)19-4-2-10(7-19)15(22)23/h3,5,8,10H,2,4,6-7H2,1H3,(H,22,23)(H,17,18,21). The highest BCUT2D eigenvalue weighted by Gasteiger charge is 2.30. The molecule has 2 amide bonds. The lowest BCUT2D eigenvalue weighted by molar-refractivity contribution is -0.141. The van der Waals surface area contributed by atoms with Gasteiger partial charge in [0.2, 0.25) is 5.91 Å². The van der Waals surface area contributed by atoms with Crippen molar-refractivity contribution < 1.29 is 23.9 Å². The number of hydrogen-bond acceptors (Lipinski definition) is 6. The Bertz CT molecular complexity index is 812. The van der Waals surface area contributed by atoms with Crippen LogP contribution in [0.1, 0.15) is 28.2 Å². The molecule has 2 aromatic rings. The molecule has 25 heavy (non-hydrogen) atoms. The zero-order valence-corrected chi connectivity index (χ0v) is 14.3. The predicted molar refractivity (Wildman–Crippen MR) is 89.5 cm³/mol. The van der Waals surface area contributed by atoms with Crippen molar-refractivity contribution in [1.82, 2.24) is 9.88 Å². The average Bonchev–Trinajstić information content (AvgIpc) is 3.27. The number of likely N-dealkylation sites (tertiary alicyclic amines) is 1. The Kier molecular flexibility index (Phi) is 4.84. The molecule has 2 aromatic heterocycles. The van der Waals surface area contributed by atoms with E-state index in [1.807, 2.05) is 0 Å². The minimum atomic E-state index is -0.872. The molecule has 0 spiro atoms. The van der Waals surface area contributed by atoms with Crippen molar-refractivity contribution in [2.45, 2.75) is 19.8 Å². The minimum Gasteiger partial charge on any atom is -0.481 e. The van der Waals surface area contributed by atoms with Crippen LogP contribution in [-0.4, -0.2) is 45.9 Å². The topological polar surface area (TPSA) is 113 Å². The molecule has 0 bridgehead atoms. The van der Waals surface area contributed by atoms with Crippen molar-refractivity contribution >= 4 is 34.3 Å². The number of aromatic nitrogens is 1. The smallest absolute Gasteiger partial charge is 0.308 e. The maximum atomic E-state index is 12.2. The Balaban J connectivity index is 1.57. The maximum Gasteiger partial charge on any atom is 0.308 e. The van der Waals surface area contributed by atoms with Gasteiger partial charge >= 0.3 is 5.97 Å². The van der Waals surface area contributed by atoms with Crippen LogP contribution in [0.25, 0.3) is 0 Å². The number of carboxylic acids is 1. The van der Waals surface area contributed by atoms with Gasteiger partial charge in [-0.1, -0.05) is 0 Å². The molecule has 1 atom stereocenters. The first-order valence-electron chi connectivity index (χ1n) is 7.74. The number of carbonyl (C=O) groups is 3. The summed E-state index contributed by atoms with van der Waals surface area (Å²) in [5, 5.41) is 13.8. The molecular weight excluding hydrogens is 346 g/mol. The third kappa shape index (κ3) is 3.87. The second-order valence-electron chi connectivity index (χ2n) is 5.83. The first-order valence-corrected chi connectivity index (χ1v) is 8.62. The molecule has 0 aromatic carbocycles. The van der Waals surface area contributed by atoms with Gasteiger partial charge in [0.25, 0.3) is 5.91 Å². The van der Waals surface area contributed by atoms with E-state index in [0.717, 1.165) is 0 Å². The summed E-state index contributed by atoms with van der Waals surface area (Å²) < 4.78 is 5.09. The molecule has 1 saturated heterocycles. The van der Waals surface area contributed by atoms with Crippen molar-refractivity contribution in [2.75, 3.05) is 18.4 Å². The summed E-state index contributed by atoms with van der Waals surface area (Å²) in [6, 6.07) is 1.58. The van der Waals surface area contributed by atoms with Gasteiger partial charge < -0.3 is 14.4 Å². The molecule has 0 radical (unpaired) electrons. The summed E-state index contributed by atoms with van der Waals surface area (Å²) >= 11 is 1.23. The number of nitrogens with one attached hydrogen (secondary N) is 1. The number of carboxylic acid groups (broad SMARTS) is 1. The van der Waals surface area contributed by atoms with Gasteiger partial charge in [-0.3, -0.25) is 19.7 Å². The Morgan fingerprint density at radius 2 is 2.28 bits per heavy atom. The molecule has 1 unspecified atom stereocenters. The van der Waals surface area contributed by atoms with Gasteiger partial charge in [-0.15, -0.1) is 11.3 Å². The molecule has 2 N–H and O–H groups in total. The van der Waals surface area contributed by atoms with Gasteiger partial charge in [-0.25, -0.2) is 4.98 Å². The highest BCUT2D eigenvalue weighted by atomic mass is 32.1. The van der Waals surface area contributed by atoms with Crippen molar-refractivity contribution in [2.24, 2.45) is 5.92 Å². The highest BCUT2D eigenvalue weighted by Crippen LogP contribution is 2.21. The molecule has 3 heterocycles. The second-order valence-corrected chi connectivity index (χ2v) is 6.69. The van der Waals surface area contributed by atoms with Gasteiger partial charge in [0.05, 0.1) is 29.9 Å². The van der Waals surface area contributed by atoms with E-state index in [-0.39, 0.29) is 24.8 Å². The Labute approximate surface area is 147 Å². The largest absolute Gasteiger partial charge is 0.481 e. The first-order chi connectivity index (χ1) is 11.9.